The van der Waals surface area contributed by atoms with Gasteiger partial charge in [-0.15, -0.1) is 11.3 Å². The van der Waals surface area contributed by atoms with Crippen molar-refractivity contribution in [2.24, 2.45) is 0 Å². The number of rotatable bonds is 2. The van der Waals surface area contributed by atoms with E-state index in [2.05, 4.69) is 18.9 Å². The van der Waals surface area contributed by atoms with Crippen LogP contribution in [0, 0.1) is 0 Å². The maximum atomic E-state index is 10.6. The molecule has 0 aromatic carbocycles. The van der Waals surface area contributed by atoms with E-state index in [1.807, 2.05) is 12.1 Å². The normalized spacial score (nSPS) is 31.9. The molecule has 0 radical (unpaired) electrons. The van der Waals surface area contributed by atoms with Crippen molar-refractivity contribution in [3.8, 4) is 0 Å². The number of hydrogen-bond acceptors (Lipinski definition) is 3. The van der Waals surface area contributed by atoms with E-state index >= 15 is 0 Å². The molecular weight excluding hydrogens is 242 g/mol. The van der Waals surface area contributed by atoms with Crippen LogP contribution in [0.1, 0.15) is 24.6 Å². The van der Waals surface area contributed by atoms with Gasteiger partial charge >= 0.3 is 0 Å². The molecule has 1 aromatic heterocycles. The molecule has 0 amide bonds. The molecule has 0 saturated carbocycles. The predicted octanol–water partition coefficient (Wildman–Crippen LogP) is 2.79. The topological polar surface area (TPSA) is 23.5 Å². The summed E-state index contributed by atoms with van der Waals surface area (Å²) in [5.41, 5.74) is -0.542. The van der Waals surface area contributed by atoms with E-state index in [9.17, 15) is 5.11 Å². The lowest BCUT2D eigenvalue weighted by Gasteiger charge is -2.40. The molecule has 90 valence electrons. The quantitative estimate of drug-likeness (QED) is 0.883. The van der Waals surface area contributed by atoms with Gasteiger partial charge in [0.05, 0.1) is 9.94 Å². The average Bonchev–Trinajstić information content (AvgIpc) is 2.58. The van der Waals surface area contributed by atoms with Crippen LogP contribution < -0.4 is 0 Å². The van der Waals surface area contributed by atoms with E-state index in [0.717, 1.165) is 30.1 Å². The van der Waals surface area contributed by atoms with Crippen molar-refractivity contribution < 1.29 is 5.11 Å². The van der Waals surface area contributed by atoms with Crippen molar-refractivity contribution in [1.82, 2.24) is 4.90 Å². The van der Waals surface area contributed by atoms with E-state index in [1.165, 1.54) is 4.88 Å². The molecule has 4 heteroatoms. The molecule has 2 atom stereocenters. The fourth-order valence-electron chi connectivity index (χ4n) is 2.34. The molecule has 2 rings (SSSR count). The summed E-state index contributed by atoms with van der Waals surface area (Å²) in [5.74, 6) is 0. The first-order chi connectivity index (χ1) is 7.48. The lowest BCUT2D eigenvalue weighted by molar-refractivity contribution is -0.0348. The van der Waals surface area contributed by atoms with E-state index in [4.69, 9.17) is 11.6 Å². The highest BCUT2D eigenvalue weighted by atomic mass is 35.5. The minimum atomic E-state index is -0.542. The first kappa shape index (κ1) is 12.4. The summed E-state index contributed by atoms with van der Waals surface area (Å²) >= 11 is 7.48. The Morgan fingerprint density at radius 3 is 2.94 bits per heavy atom. The average molecular weight is 260 g/mol. The van der Waals surface area contributed by atoms with Gasteiger partial charge in [0, 0.05) is 23.9 Å². The van der Waals surface area contributed by atoms with Crippen LogP contribution in [0.4, 0.5) is 0 Å². The molecule has 1 aliphatic heterocycles. The molecule has 0 spiro atoms. The highest BCUT2D eigenvalue weighted by molar-refractivity contribution is 7.16. The molecule has 16 heavy (non-hydrogen) atoms. The Labute approximate surface area is 106 Å². The molecule has 1 aliphatic rings. The third-order valence-electron chi connectivity index (χ3n) is 3.49. The monoisotopic (exact) mass is 259 g/mol. The molecule has 0 bridgehead atoms. The zero-order valence-corrected chi connectivity index (χ0v) is 11.3. The number of halogens is 1. The molecule has 1 saturated heterocycles. The summed E-state index contributed by atoms with van der Waals surface area (Å²) in [4.78, 5) is 3.49. The molecule has 2 heterocycles. The zero-order valence-electron chi connectivity index (χ0n) is 9.74. The molecule has 0 aliphatic carbocycles. The second kappa shape index (κ2) is 4.65. The number of aliphatic hydroxyl groups is 1. The molecule has 1 fully saturated rings. The van der Waals surface area contributed by atoms with Crippen LogP contribution in [0.3, 0.4) is 0 Å². The molecule has 1 N–H and O–H groups in total. The first-order valence-corrected chi connectivity index (χ1v) is 6.85. The van der Waals surface area contributed by atoms with Crippen molar-refractivity contribution in [2.45, 2.75) is 37.8 Å². The standard InChI is InChI=1S/C12H18ClNOS/c1-9-7-12(15,5-6-14(9)2)8-10-3-4-11(13)16-10/h3-4,9,15H,5-8H2,1-2H3. The summed E-state index contributed by atoms with van der Waals surface area (Å²) in [6.07, 6.45) is 2.44. The fraction of sp³-hybridized carbons (Fsp3) is 0.667. The SMILES string of the molecule is CC1CC(O)(Cc2ccc(Cl)s2)CCN1C. The van der Waals surface area contributed by atoms with Crippen molar-refractivity contribution in [3.63, 3.8) is 0 Å². The molecule has 2 unspecified atom stereocenters. The lowest BCUT2D eigenvalue weighted by Crippen LogP contribution is -2.48. The Balaban J connectivity index is 2.03. The maximum Gasteiger partial charge on any atom is 0.0931 e. The van der Waals surface area contributed by atoms with Gasteiger partial charge in [0.15, 0.2) is 0 Å². The number of nitrogens with zero attached hydrogens (tertiary/aromatic N) is 1. The molecular formula is C12H18ClNOS. The van der Waals surface area contributed by atoms with Crippen LogP contribution in [0.5, 0.6) is 0 Å². The van der Waals surface area contributed by atoms with E-state index < -0.39 is 5.60 Å². The molecule has 2 nitrogen and oxygen atoms in total. The van der Waals surface area contributed by atoms with Crippen molar-refractivity contribution in [1.29, 1.82) is 0 Å². The highest BCUT2D eigenvalue weighted by Crippen LogP contribution is 2.32. The third-order valence-corrected chi connectivity index (χ3v) is 4.72. The summed E-state index contributed by atoms with van der Waals surface area (Å²) in [6, 6.07) is 4.38. The summed E-state index contributed by atoms with van der Waals surface area (Å²) in [5, 5.41) is 10.6. The number of likely N-dealkylation sites (tertiary alicyclic amines) is 1. The Hall–Kier alpha value is -0.0900. The van der Waals surface area contributed by atoms with Crippen molar-refractivity contribution >= 4 is 22.9 Å². The summed E-state index contributed by atoms with van der Waals surface area (Å²) in [6.45, 7) is 3.14. The first-order valence-electron chi connectivity index (χ1n) is 5.65. The Morgan fingerprint density at radius 2 is 2.38 bits per heavy atom. The fourth-order valence-corrected chi connectivity index (χ4v) is 3.57. The van der Waals surface area contributed by atoms with Gasteiger partial charge < -0.3 is 10.0 Å². The smallest absolute Gasteiger partial charge is 0.0931 e. The number of thiophene rings is 1. The number of piperidine rings is 1. The minimum Gasteiger partial charge on any atom is -0.389 e. The zero-order chi connectivity index (χ0) is 11.8. The van der Waals surface area contributed by atoms with Gasteiger partial charge in [-0.3, -0.25) is 0 Å². The van der Waals surface area contributed by atoms with Crippen molar-refractivity contribution in [3.05, 3.63) is 21.3 Å². The Bertz CT molecular complexity index is 368. The Kier molecular flexibility index (Phi) is 3.59. The Morgan fingerprint density at radius 1 is 1.62 bits per heavy atom. The number of hydrogen-bond donors (Lipinski definition) is 1. The van der Waals surface area contributed by atoms with Crippen molar-refractivity contribution in [2.75, 3.05) is 13.6 Å². The third kappa shape index (κ3) is 2.77. The lowest BCUT2D eigenvalue weighted by atomic mass is 9.84. The predicted molar refractivity (Wildman–Crippen MR) is 69.3 cm³/mol. The molecule has 1 aromatic rings. The van der Waals surface area contributed by atoms with Crippen LogP contribution >= 0.6 is 22.9 Å². The maximum absolute atomic E-state index is 10.6. The van der Waals surface area contributed by atoms with Crippen LogP contribution in [0.15, 0.2) is 12.1 Å². The largest absolute Gasteiger partial charge is 0.389 e. The van der Waals surface area contributed by atoms with Gasteiger partial charge in [-0.1, -0.05) is 11.6 Å². The van der Waals surface area contributed by atoms with Gasteiger partial charge in [-0.05, 0) is 38.9 Å². The second-order valence-electron chi connectivity index (χ2n) is 4.89. The van der Waals surface area contributed by atoms with Crippen LogP contribution in [0.25, 0.3) is 0 Å². The van der Waals surface area contributed by atoms with Gasteiger partial charge in [0.25, 0.3) is 0 Å². The van der Waals surface area contributed by atoms with Gasteiger partial charge in [0.1, 0.15) is 0 Å². The van der Waals surface area contributed by atoms with Gasteiger partial charge in [-0.25, -0.2) is 0 Å². The summed E-state index contributed by atoms with van der Waals surface area (Å²) < 4.78 is 0.805. The second-order valence-corrected chi connectivity index (χ2v) is 6.69. The van der Waals surface area contributed by atoms with E-state index in [1.54, 1.807) is 11.3 Å². The highest BCUT2D eigenvalue weighted by Gasteiger charge is 2.35. The van der Waals surface area contributed by atoms with Crippen LogP contribution in [0.2, 0.25) is 4.34 Å². The minimum absolute atomic E-state index is 0.453. The van der Waals surface area contributed by atoms with E-state index in [-0.39, 0.29) is 0 Å². The van der Waals surface area contributed by atoms with Gasteiger partial charge in [0.2, 0.25) is 0 Å². The van der Waals surface area contributed by atoms with E-state index in [0.29, 0.717) is 6.04 Å². The summed E-state index contributed by atoms with van der Waals surface area (Å²) in [7, 11) is 2.12. The van der Waals surface area contributed by atoms with Crippen LogP contribution in [-0.4, -0.2) is 35.2 Å². The van der Waals surface area contributed by atoms with Crippen LogP contribution in [-0.2, 0) is 6.42 Å². The van der Waals surface area contributed by atoms with Gasteiger partial charge in [-0.2, -0.15) is 0 Å².